The van der Waals surface area contributed by atoms with E-state index in [2.05, 4.69) is 37.1 Å². The van der Waals surface area contributed by atoms with E-state index in [0.717, 1.165) is 42.9 Å². The number of aliphatic hydroxyl groups is 2. The van der Waals surface area contributed by atoms with Gasteiger partial charge in [-0.15, -0.1) is 0 Å². The number of nitrogens with zero attached hydrogens (tertiary/aromatic N) is 3. The van der Waals surface area contributed by atoms with Crippen molar-refractivity contribution >= 4 is 112 Å². The molecule has 12 rings (SSSR count). The third-order valence-corrected chi connectivity index (χ3v) is 57.5. The molecule has 0 amide bonds. The molecule has 6 saturated heterocycles. The fourth-order valence-corrected chi connectivity index (χ4v) is 49.5. The predicted octanol–water partition coefficient (Wildman–Crippen LogP) is 7.77. The maximum atomic E-state index is 13.6. The van der Waals surface area contributed by atoms with E-state index >= 15 is 0 Å². The summed E-state index contributed by atoms with van der Waals surface area (Å²) in [6.07, 6.45) is 9.46. The van der Waals surface area contributed by atoms with Gasteiger partial charge < -0.3 is 5.11 Å². The van der Waals surface area contributed by atoms with Crippen LogP contribution in [0.25, 0.3) is 21.5 Å². The van der Waals surface area contributed by atoms with E-state index in [9.17, 15) is 21.9 Å². The normalized spacial score (nSPS) is 27.5. The zero-order valence-corrected chi connectivity index (χ0v) is 43.8. The molecule has 8 aliphatic heterocycles. The zero-order chi connectivity index (χ0) is 41.3. The molecule has 6 fully saturated rings. The first kappa shape index (κ1) is 44.7. The van der Waals surface area contributed by atoms with Crippen LogP contribution in [0.4, 0.5) is 11.4 Å². The molecule has 4 aromatic carbocycles. The number of nitrogens with one attached hydrogen (secondary N) is 1. The van der Waals surface area contributed by atoms with Crippen molar-refractivity contribution in [3.8, 4) is 0 Å². The van der Waals surface area contributed by atoms with Gasteiger partial charge in [-0.2, -0.15) is 0 Å². The molecule has 4 bridgehead atoms. The first-order valence-corrected chi connectivity index (χ1v) is 42.5. The van der Waals surface area contributed by atoms with Gasteiger partial charge in [-0.05, 0) is 29.5 Å². The van der Waals surface area contributed by atoms with Gasteiger partial charge in [0.25, 0.3) is 10.0 Å². The van der Waals surface area contributed by atoms with Crippen molar-refractivity contribution in [2.75, 3.05) is 68.5 Å². The summed E-state index contributed by atoms with van der Waals surface area (Å²) in [6.45, 7) is 8.01. The van der Waals surface area contributed by atoms with E-state index in [-0.39, 0.29) is 13.2 Å². The van der Waals surface area contributed by atoms with E-state index in [0.29, 0.717) is 28.3 Å². The summed E-state index contributed by atoms with van der Waals surface area (Å²) < 4.78 is 66.7. The Hall–Kier alpha value is -0.933. The molecule has 15 heteroatoms. The summed E-state index contributed by atoms with van der Waals surface area (Å²) in [5.74, 6) is 0. The Labute approximate surface area is 373 Å². The molecule has 0 saturated carbocycles. The van der Waals surface area contributed by atoms with Gasteiger partial charge in [0.05, 0.1) is 10.6 Å². The predicted molar refractivity (Wildman–Crippen MR) is 255 cm³/mol. The van der Waals surface area contributed by atoms with Crippen molar-refractivity contribution < 1.29 is 27.0 Å². The number of sulfonamides is 2. The number of hydrogen-bond donors (Lipinski definition) is 3. The first-order valence-electron chi connectivity index (χ1n) is 21.9. The first-order chi connectivity index (χ1) is 28.5. The zero-order valence-electron chi connectivity index (χ0n) is 34.3. The molecule has 4 aromatic rings. The van der Waals surface area contributed by atoms with Gasteiger partial charge in [-0.3, -0.25) is 4.72 Å². The molecular weight excluding hydrogens is 1110 g/mol. The molecule has 10 nitrogen and oxygen atoms in total. The number of aliphatic hydroxyl groups excluding tert-OH is 2. The van der Waals surface area contributed by atoms with Gasteiger partial charge in [0.1, 0.15) is 0 Å². The van der Waals surface area contributed by atoms with Crippen LogP contribution >= 0.6 is 22.6 Å². The van der Waals surface area contributed by atoms with Crippen molar-refractivity contribution in [1.29, 1.82) is 0 Å². The molecular formula is C44H61IN4O6S2Sn2. The van der Waals surface area contributed by atoms with Crippen LogP contribution in [-0.4, -0.2) is 133 Å². The molecule has 59 heavy (non-hydrogen) atoms. The van der Waals surface area contributed by atoms with Crippen molar-refractivity contribution in [2.24, 2.45) is 0 Å². The summed E-state index contributed by atoms with van der Waals surface area (Å²) in [7, 11) is -6.88. The minimum absolute atomic E-state index is 0.0544. The maximum absolute atomic E-state index is 13.6. The van der Waals surface area contributed by atoms with E-state index in [1.165, 1.54) is 71.8 Å². The second-order valence-corrected chi connectivity index (χ2v) is 53.8. The van der Waals surface area contributed by atoms with Crippen LogP contribution in [0.5, 0.6) is 0 Å². The average molecular weight is 1170 g/mol. The third-order valence-electron chi connectivity index (χ3n) is 14.1. The van der Waals surface area contributed by atoms with Crippen LogP contribution in [0.2, 0.25) is 26.6 Å². The minimum atomic E-state index is -3.48. The van der Waals surface area contributed by atoms with Crippen LogP contribution in [0.15, 0.2) is 70.5 Å². The number of halogens is 1. The van der Waals surface area contributed by atoms with E-state index in [1.807, 2.05) is 40.7 Å². The van der Waals surface area contributed by atoms with Gasteiger partial charge in [0.2, 0.25) is 0 Å². The van der Waals surface area contributed by atoms with Crippen molar-refractivity contribution in [3.63, 3.8) is 0 Å². The van der Waals surface area contributed by atoms with Crippen molar-refractivity contribution in [2.45, 2.75) is 87.8 Å². The van der Waals surface area contributed by atoms with Gasteiger partial charge >= 0.3 is 279 Å². The molecule has 320 valence electrons. The molecule has 0 unspecified atom stereocenters. The summed E-state index contributed by atoms with van der Waals surface area (Å²) in [4.78, 5) is 6.11. The van der Waals surface area contributed by atoms with Gasteiger partial charge in [-0.1, -0.05) is 18.2 Å². The third kappa shape index (κ3) is 9.35. The summed E-state index contributed by atoms with van der Waals surface area (Å²) in [6, 6.07) is 18.5. The Kier molecular flexibility index (Phi) is 14.4. The van der Waals surface area contributed by atoms with E-state index in [1.54, 1.807) is 59.3 Å². The molecule has 8 aliphatic rings. The topological polar surface area (TPSA) is 130 Å². The van der Waals surface area contributed by atoms with Crippen molar-refractivity contribution in [1.82, 2.24) is 9.80 Å². The quantitative estimate of drug-likeness (QED) is 0.0974. The Morgan fingerprint density at radius 2 is 1.07 bits per heavy atom. The number of benzene rings is 4. The molecule has 0 spiro atoms. The number of hydrogen-bond acceptors (Lipinski definition) is 8. The Morgan fingerprint density at radius 1 is 0.593 bits per heavy atom. The van der Waals surface area contributed by atoms with Gasteiger partial charge in [0, 0.05) is 12.0 Å². The molecule has 0 atom stereocenters. The summed E-state index contributed by atoms with van der Waals surface area (Å²) >= 11 is -1.38. The van der Waals surface area contributed by atoms with E-state index < -0.39 is 56.8 Å². The number of rotatable bonds is 7. The summed E-state index contributed by atoms with van der Waals surface area (Å²) in [5, 5.41) is 21.9. The average Bonchev–Trinajstić information content (AvgIpc) is 3.56. The molecule has 0 aliphatic carbocycles. The fraction of sp³-hybridized carbons (Fsp3) is 0.545. The van der Waals surface area contributed by atoms with Gasteiger partial charge in [-0.25, -0.2) is 8.42 Å². The number of fused-ring (bicyclic) bond motifs is 12. The Bertz CT molecular complexity index is 2330. The Balaban J connectivity index is 0.000000136. The van der Waals surface area contributed by atoms with Gasteiger partial charge in [0.15, 0.2) is 0 Å². The molecule has 0 aromatic heterocycles. The van der Waals surface area contributed by atoms with Crippen LogP contribution in [0.1, 0.15) is 49.7 Å². The SMILES string of the molecule is I[CH2][Sn]12[CH2]CCN(CC[CH2]1)CC[CH2]2.O=S1(=O)Nc2cccc3c(CCO)ccc1c23.O=S1(=O)c2ccc(CCO)c3cccc(c23)N1[CH2][Sn]12[CH2]CCN(CC[CH2]1)CC[CH2]2. The van der Waals surface area contributed by atoms with Crippen LogP contribution in [0.3, 0.4) is 0 Å². The standard InChI is InChI=1S/C13H12NO3S.C12H11NO3S.2C9H18N.CH2I.2Sn/c1-14-11-4-2-3-10-9(7-8-15)5-6-12(13(10)11)18(14,16)17;14-7-6-8-4-5-11-12-9(8)2-1-3-10(12)13-17(11,15)16;2*1-4-7-10(8-5-2)9-6-3;1-2;;/h2-6,15H,1,7-8H2;1-5,13-14H,6-7H2;2*1-9H2;1H2;;. The molecule has 8 heterocycles. The second-order valence-electron chi connectivity index (χ2n) is 17.9. The number of anilines is 2. The van der Waals surface area contributed by atoms with Crippen LogP contribution < -0.4 is 9.03 Å². The van der Waals surface area contributed by atoms with Crippen LogP contribution in [0, 0.1) is 0 Å². The number of alkyl halides is 1. The Morgan fingerprint density at radius 3 is 1.58 bits per heavy atom. The van der Waals surface area contributed by atoms with E-state index in [4.69, 9.17) is 5.11 Å². The fourth-order valence-electron chi connectivity index (χ4n) is 11.1. The monoisotopic (exact) mass is 1170 g/mol. The second kappa shape index (κ2) is 19.0. The van der Waals surface area contributed by atoms with Crippen LogP contribution in [-0.2, 0) is 32.9 Å². The van der Waals surface area contributed by atoms with Crippen molar-refractivity contribution in [3.05, 3.63) is 71.8 Å². The summed E-state index contributed by atoms with van der Waals surface area (Å²) in [5.41, 5.74) is 3.50. The molecule has 3 N–H and O–H groups in total. The molecule has 0 radical (unpaired) electrons.